The molecule has 0 saturated carbocycles. The second-order valence-corrected chi connectivity index (χ2v) is 12.0. The van der Waals surface area contributed by atoms with E-state index in [-0.39, 0.29) is 17.7 Å². The van der Waals surface area contributed by atoms with Gasteiger partial charge < -0.3 is 15.0 Å². The van der Waals surface area contributed by atoms with Crippen LogP contribution in [0.5, 0.6) is 5.75 Å². The van der Waals surface area contributed by atoms with E-state index in [9.17, 15) is 14.0 Å². The Balaban J connectivity index is 1.39. The second kappa shape index (κ2) is 11.3. The molecule has 0 radical (unpaired) electrons. The van der Waals surface area contributed by atoms with Crippen LogP contribution in [0.4, 0.5) is 4.39 Å². The van der Waals surface area contributed by atoms with E-state index in [2.05, 4.69) is 17.0 Å². The summed E-state index contributed by atoms with van der Waals surface area (Å²) in [5, 5.41) is 15.1. The van der Waals surface area contributed by atoms with Crippen LogP contribution in [0.1, 0.15) is 18.5 Å². The summed E-state index contributed by atoms with van der Waals surface area (Å²) in [5.41, 5.74) is 5.25. The van der Waals surface area contributed by atoms with Crippen LogP contribution in [0.3, 0.4) is 0 Å². The number of rotatable bonds is 7. The smallest absolute Gasteiger partial charge is 0.246 e. The molecule has 1 fully saturated rings. The highest BCUT2D eigenvalue weighted by atomic mass is 32.1. The number of aromatic nitrogens is 5. The first-order chi connectivity index (χ1) is 21.4. The number of amides is 2. The average Bonchev–Trinajstić information content (AvgIpc) is 3.78. The lowest BCUT2D eigenvalue weighted by Crippen LogP contribution is -2.37. The largest absolute Gasteiger partial charge is 0.493 e. The highest BCUT2D eigenvalue weighted by Gasteiger charge is 2.27. The van der Waals surface area contributed by atoms with Crippen LogP contribution in [0.15, 0.2) is 60.8 Å². The molecule has 10 nitrogen and oxygen atoms in total. The van der Waals surface area contributed by atoms with Gasteiger partial charge in [0, 0.05) is 71.5 Å². The van der Waals surface area contributed by atoms with Crippen molar-refractivity contribution in [1.82, 2.24) is 34.8 Å². The second-order valence-electron chi connectivity index (χ2n) is 11.1. The van der Waals surface area contributed by atoms with Crippen molar-refractivity contribution in [2.45, 2.75) is 25.9 Å². The highest BCUT2D eigenvalue weighted by molar-refractivity contribution is 7.18. The minimum atomic E-state index is -0.418. The normalized spacial score (nSPS) is 16.5. The first kappa shape index (κ1) is 28.0. The van der Waals surface area contributed by atoms with E-state index in [1.807, 2.05) is 35.4 Å². The van der Waals surface area contributed by atoms with Crippen molar-refractivity contribution in [2.24, 2.45) is 13.0 Å². The van der Waals surface area contributed by atoms with Crippen LogP contribution in [-0.2, 0) is 29.7 Å². The maximum Gasteiger partial charge on any atom is 0.246 e. The molecule has 12 heteroatoms. The Bertz CT molecular complexity index is 1930. The molecule has 0 bridgehead atoms. The van der Waals surface area contributed by atoms with Crippen LogP contribution in [-0.4, -0.2) is 61.0 Å². The third-order valence-electron chi connectivity index (χ3n) is 8.15. The van der Waals surface area contributed by atoms with Crippen molar-refractivity contribution in [3.63, 3.8) is 0 Å². The molecule has 5 aromatic rings. The van der Waals surface area contributed by atoms with Crippen molar-refractivity contribution in [3.8, 4) is 39.5 Å². The van der Waals surface area contributed by atoms with Gasteiger partial charge in [0.25, 0.3) is 0 Å². The number of nitrogens with one attached hydrogen (secondary N) is 1. The minimum absolute atomic E-state index is 0.000749. The standard InChI is InChI=1S/C32H30FN7O3S/c1-3-28(42)39-9-10-40-22(17-39)14-25(37-40)31-29(32-24(7-11-44-32)30(36-31)20-15-35-38(2)16-20)23-5-4-21(33)13-26(23)43-18-19-6-8-34-27(41)12-19/h3-5,7,11,13-16,19H,1,6,8-10,12,17-18H2,2H3,(H,34,41). The number of carbonyl (C=O) groups is 2. The lowest BCUT2D eigenvalue weighted by atomic mass is 9.97. The van der Waals surface area contributed by atoms with Gasteiger partial charge in [0.2, 0.25) is 11.8 Å². The fourth-order valence-corrected chi connectivity index (χ4v) is 6.90. The van der Waals surface area contributed by atoms with E-state index in [1.165, 1.54) is 18.2 Å². The van der Waals surface area contributed by atoms with Crippen LogP contribution in [0.25, 0.3) is 43.9 Å². The fraction of sp³-hybridized carbons (Fsp3) is 0.281. The first-order valence-corrected chi connectivity index (χ1v) is 15.3. The molecule has 1 saturated heterocycles. The van der Waals surface area contributed by atoms with Gasteiger partial charge in [-0.1, -0.05) is 6.58 Å². The SMILES string of the molecule is C=CC(=O)N1CCn2nc(-c3nc(-c4cnn(C)c4)c4ccsc4c3-c3ccc(F)cc3OCC3CCNC(=O)C3)cc2C1. The molecule has 1 atom stereocenters. The molecule has 1 unspecified atom stereocenters. The summed E-state index contributed by atoms with van der Waals surface area (Å²) in [6.45, 7) is 6.00. The molecule has 44 heavy (non-hydrogen) atoms. The number of benzene rings is 1. The summed E-state index contributed by atoms with van der Waals surface area (Å²) in [4.78, 5) is 31.3. The zero-order chi connectivity index (χ0) is 30.4. The summed E-state index contributed by atoms with van der Waals surface area (Å²) in [6, 6.07) is 8.54. The van der Waals surface area contributed by atoms with Crippen LogP contribution in [0, 0.1) is 11.7 Å². The topological polar surface area (TPSA) is 107 Å². The van der Waals surface area contributed by atoms with Crippen LogP contribution in [0.2, 0.25) is 0 Å². The molecular formula is C32H30FN7O3S. The van der Waals surface area contributed by atoms with Crippen molar-refractivity contribution >= 4 is 33.2 Å². The third-order valence-corrected chi connectivity index (χ3v) is 9.08. The lowest BCUT2D eigenvalue weighted by Gasteiger charge is -2.26. The first-order valence-electron chi connectivity index (χ1n) is 14.5. The molecule has 6 heterocycles. The average molecular weight is 612 g/mol. The third kappa shape index (κ3) is 5.15. The van der Waals surface area contributed by atoms with Gasteiger partial charge in [0.15, 0.2) is 0 Å². The van der Waals surface area contributed by atoms with Crippen molar-refractivity contribution in [2.75, 3.05) is 19.7 Å². The Morgan fingerprint density at radius 2 is 2.14 bits per heavy atom. The van der Waals surface area contributed by atoms with Crippen molar-refractivity contribution in [3.05, 3.63) is 72.3 Å². The Labute approximate surface area is 256 Å². The zero-order valence-electron chi connectivity index (χ0n) is 24.1. The number of fused-ring (bicyclic) bond motifs is 2. The van der Waals surface area contributed by atoms with E-state index in [0.29, 0.717) is 61.9 Å². The highest BCUT2D eigenvalue weighted by Crippen LogP contribution is 2.46. The Morgan fingerprint density at radius 1 is 1.25 bits per heavy atom. The van der Waals surface area contributed by atoms with Crippen LogP contribution < -0.4 is 10.1 Å². The number of thiophene rings is 1. The predicted octanol–water partition coefficient (Wildman–Crippen LogP) is 4.80. The van der Waals surface area contributed by atoms with Crippen molar-refractivity contribution in [1.29, 1.82) is 0 Å². The summed E-state index contributed by atoms with van der Waals surface area (Å²) in [7, 11) is 1.86. The zero-order valence-corrected chi connectivity index (χ0v) is 24.9. The van der Waals surface area contributed by atoms with E-state index in [0.717, 1.165) is 39.0 Å². The summed E-state index contributed by atoms with van der Waals surface area (Å²) in [6.07, 6.45) is 6.20. The Hall–Kier alpha value is -4.84. The van der Waals surface area contributed by atoms with E-state index in [1.54, 1.807) is 33.2 Å². The Kier molecular flexibility index (Phi) is 7.21. The summed E-state index contributed by atoms with van der Waals surface area (Å²) in [5.74, 6) is -0.124. The quantitative estimate of drug-likeness (QED) is 0.265. The molecule has 0 spiro atoms. The van der Waals surface area contributed by atoms with Gasteiger partial charge in [-0.2, -0.15) is 10.2 Å². The lowest BCUT2D eigenvalue weighted by molar-refractivity contribution is -0.127. The molecule has 2 amide bonds. The van der Waals surface area contributed by atoms with E-state index < -0.39 is 5.82 Å². The van der Waals surface area contributed by atoms with Crippen molar-refractivity contribution < 1.29 is 18.7 Å². The molecular weight excluding hydrogens is 581 g/mol. The van der Waals surface area contributed by atoms with Gasteiger partial charge >= 0.3 is 0 Å². The molecule has 1 aromatic carbocycles. The number of halogens is 1. The number of carbonyl (C=O) groups excluding carboxylic acids is 2. The maximum absolute atomic E-state index is 14.7. The number of aryl methyl sites for hydroxylation is 1. The van der Waals surface area contributed by atoms with Gasteiger partial charge in [-0.3, -0.25) is 19.0 Å². The molecule has 0 aliphatic carbocycles. The monoisotopic (exact) mass is 611 g/mol. The predicted molar refractivity (Wildman–Crippen MR) is 165 cm³/mol. The maximum atomic E-state index is 14.7. The van der Waals surface area contributed by atoms with E-state index >= 15 is 0 Å². The van der Waals surface area contributed by atoms with Gasteiger partial charge in [-0.25, -0.2) is 9.37 Å². The van der Waals surface area contributed by atoms with E-state index in [4.69, 9.17) is 14.8 Å². The molecule has 4 aromatic heterocycles. The van der Waals surface area contributed by atoms with Crippen LogP contribution >= 0.6 is 11.3 Å². The molecule has 2 aliphatic heterocycles. The van der Waals surface area contributed by atoms with Gasteiger partial charge in [-0.15, -0.1) is 11.3 Å². The minimum Gasteiger partial charge on any atom is -0.493 e. The van der Waals surface area contributed by atoms with Gasteiger partial charge in [0.05, 0.1) is 37.3 Å². The molecule has 224 valence electrons. The Morgan fingerprint density at radius 3 is 2.93 bits per heavy atom. The fourth-order valence-electron chi connectivity index (χ4n) is 5.95. The number of piperidine rings is 1. The number of hydrogen-bond donors (Lipinski definition) is 1. The molecule has 7 rings (SSSR count). The molecule has 2 aliphatic rings. The number of hydrogen-bond acceptors (Lipinski definition) is 7. The molecule has 1 N–H and O–H groups in total. The number of pyridine rings is 1. The number of nitrogens with zero attached hydrogens (tertiary/aromatic N) is 6. The number of ether oxygens (including phenoxy) is 1. The van der Waals surface area contributed by atoms with Gasteiger partial charge in [0.1, 0.15) is 23.0 Å². The summed E-state index contributed by atoms with van der Waals surface area (Å²) >= 11 is 1.57. The van der Waals surface area contributed by atoms with Gasteiger partial charge in [-0.05, 0) is 42.1 Å². The summed E-state index contributed by atoms with van der Waals surface area (Å²) < 4.78 is 25.6.